The third kappa shape index (κ3) is 6.69. The second-order valence-corrected chi connectivity index (χ2v) is 7.30. The normalized spacial score (nSPS) is 10.6. The molecule has 29 heavy (non-hydrogen) atoms. The summed E-state index contributed by atoms with van der Waals surface area (Å²) in [6.07, 6.45) is 0. The topological polar surface area (TPSA) is 47.6 Å². The van der Waals surface area contributed by atoms with Crippen LogP contribution in [0.4, 0.5) is 4.39 Å². The maximum atomic E-state index is 13.7. The summed E-state index contributed by atoms with van der Waals surface area (Å²) in [4.78, 5) is 12.1. The van der Waals surface area contributed by atoms with Gasteiger partial charge in [0.05, 0.1) is 13.2 Å². The lowest BCUT2D eigenvalue weighted by Gasteiger charge is -2.12. The molecule has 0 aliphatic rings. The number of carbonyl (C=O) groups excluding carboxylic acids is 1. The fourth-order valence-electron chi connectivity index (χ4n) is 2.70. The first-order chi connectivity index (χ1) is 14.1. The first-order valence-corrected chi connectivity index (χ1v) is 9.94. The minimum absolute atomic E-state index is 0.0399. The minimum atomic E-state index is -0.520. The Kier molecular flexibility index (Phi) is 7.78. The zero-order valence-electron chi connectivity index (χ0n) is 15.7. The van der Waals surface area contributed by atoms with Crippen molar-refractivity contribution in [1.29, 1.82) is 0 Å². The molecule has 0 aliphatic carbocycles. The smallest absolute Gasteiger partial charge is 0.258 e. The van der Waals surface area contributed by atoms with Gasteiger partial charge in [-0.2, -0.15) is 0 Å². The average molecular weight is 458 g/mol. The van der Waals surface area contributed by atoms with Gasteiger partial charge in [-0.05, 0) is 34.9 Å². The van der Waals surface area contributed by atoms with Crippen LogP contribution in [0, 0.1) is 5.82 Å². The van der Waals surface area contributed by atoms with Gasteiger partial charge in [-0.25, -0.2) is 4.39 Å². The monoisotopic (exact) mass is 457 g/mol. The molecule has 1 amide bonds. The van der Waals surface area contributed by atoms with Gasteiger partial charge < -0.3 is 14.8 Å². The summed E-state index contributed by atoms with van der Waals surface area (Å²) in [5, 5.41) is 2.80. The Morgan fingerprint density at radius 2 is 1.66 bits per heavy atom. The van der Waals surface area contributed by atoms with Crippen LogP contribution in [0.15, 0.2) is 77.3 Å². The highest BCUT2D eigenvalue weighted by atomic mass is 79.9. The van der Waals surface area contributed by atoms with Gasteiger partial charge in [0.1, 0.15) is 0 Å². The highest BCUT2D eigenvalue weighted by molar-refractivity contribution is 9.10. The van der Waals surface area contributed by atoms with Crippen LogP contribution in [-0.2, 0) is 29.3 Å². The summed E-state index contributed by atoms with van der Waals surface area (Å²) < 4.78 is 25.4. The molecule has 1 N–H and O–H groups in total. The molecule has 0 bridgehead atoms. The fraction of sp³-hybridized carbons (Fsp3) is 0.174. The van der Waals surface area contributed by atoms with Crippen LogP contribution in [0.25, 0.3) is 0 Å². The van der Waals surface area contributed by atoms with Gasteiger partial charge in [-0.1, -0.05) is 70.5 Å². The molecular weight excluding hydrogens is 437 g/mol. The fourth-order valence-corrected chi connectivity index (χ4v) is 3.04. The lowest BCUT2D eigenvalue weighted by atomic mass is 10.1. The van der Waals surface area contributed by atoms with Crippen LogP contribution in [0.3, 0.4) is 0 Å². The molecule has 0 radical (unpaired) electrons. The van der Waals surface area contributed by atoms with Gasteiger partial charge in [-0.3, -0.25) is 4.79 Å². The zero-order valence-corrected chi connectivity index (χ0v) is 17.3. The first kappa shape index (κ1) is 21.0. The van der Waals surface area contributed by atoms with Crippen LogP contribution < -0.4 is 10.1 Å². The number of nitrogens with one attached hydrogen (secondary N) is 1. The second kappa shape index (κ2) is 10.7. The standard InChI is InChI=1S/C23H21BrFNO3/c24-20-10-11-22(21(25)12-20)29-16-23(27)26-13-18-8-4-5-9-19(18)15-28-14-17-6-2-1-3-7-17/h1-12H,13-16H2,(H,26,27). The van der Waals surface area contributed by atoms with Crippen LogP contribution >= 0.6 is 15.9 Å². The summed E-state index contributed by atoms with van der Waals surface area (Å²) in [5.74, 6) is -0.807. The van der Waals surface area contributed by atoms with E-state index in [1.807, 2.05) is 54.6 Å². The van der Waals surface area contributed by atoms with E-state index in [0.717, 1.165) is 16.7 Å². The van der Waals surface area contributed by atoms with Gasteiger partial charge in [0, 0.05) is 11.0 Å². The molecule has 0 atom stereocenters. The molecule has 3 rings (SSSR count). The maximum absolute atomic E-state index is 13.7. The van der Waals surface area contributed by atoms with E-state index < -0.39 is 5.82 Å². The van der Waals surface area contributed by atoms with Crippen molar-refractivity contribution in [3.63, 3.8) is 0 Å². The van der Waals surface area contributed by atoms with E-state index in [9.17, 15) is 9.18 Å². The molecule has 0 spiro atoms. The summed E-state index contributed by atoms with van der Waals surface area (Å²) >= 11 is 3.18. The zero-order chi connectivity index (χ0) is 20.5. The Morgan fingerprint density at radius 3 is 2.41 bits per heavy atom. The summed E-state index contributed by atoms with van der Waals surface area (Å²) in [6, 6.07) is 22.1. The molecule has 0 aromatic heterocycles. The lowest BCUT2D eigenvalue weighted by Crippen LogP contribution is -2.29. The van der Waals surface area contributed by atoms with Crippen LogP contribution in [0.2, 0.25) is 0 Å². The van der Waals surface area contributed by atoms with Gasteiger partial charge in [0.2, 0.25) is 0 Å². The highest BCUT2D eigenvalue weighted by Crippen LogP contribution is 2.21. The molecule has 3 aromatic carbocycles. The molecule has 0 fully saturated rings. The Balaban J connectivity index is 1.48. The van der Waals surface area contributed by atoms with Crippen molar-refractivity contribution in [2.75, 3.05) is 6.61 Å². The Hall–Kier alpha value is -2.70. The van der Waals surface area contributed by atoms with Gasteiger partial charge in [0.15, 0.2) is 18.2 Å². The number of carbonyl (C=O) groups is 1. The molecule has 0 saturated heterocycles. The molecule has 4 nitrogen and oxygen atoms in total. The van der Waals surface area contributed by atoms with Gasteiger partial charge in [-0.15, -0.1) is 0 Å². The second-order valence-electron chi connectivity index (χ2n) is 6.39. The molecule has 0 unspecified atom stereocenters. The van der Waals surface area contributed by atoms with E-state index in [2.05, 4.69) is 21.2 Å². The summed E-state index contributed by atoms with van der Waals surface area (Å²) in [5.41, 5.74) is 3.07. The molecule has 6 heteroatoms. The van der Waals surface area contributed by atoms with Crippen molar-refractivity contribution < 1.29 is 18.7 Å². The predicted molar refractivity (Wildman–Crippen MR) is 113 cm³/mol. The number of ether oxygens (including phenoxy) is 2. The predicted octanol–water partition coefficient (Wildman–Crippen LogP) is 5.00. The summed E-state index contributed by atoms with van der Waals surface area (Å²) in [6.45, 7) is 1.05. The summed E-state index contributed by atoms with van der Waals surface area (Å²) in [7, 11) is 0. The molecule has 0 aliphatic heterocycles. The van der Waals surface area contributed by atoms with Gasteiger partial charge >= 0.3 is 0 Å². The van der Waals surface area contributed by atoms with Crippen molar-refractivity contribution in [3.05, 3.63) is 99.8 Å². The SMILES string of the molecule is O=C(COc1ccc(Br)cc1F)NCc1ccccc1COCc1ccccc1. The molecule has 0 saturated carbocycles. The Morgan fingerprint density at radius 1 is 0.931 bits per heavy atom. The number of rotatable bonds is 9. The maximum Gasteiger partial charge on any atom is 0.258 e. The van der Waals surface area contributed by atoms with Crippen LogP contribution in [0.5, 0.6) is 5.75 Å². The minimum Gasteiger partial charge on any atom is -0.481 e. The lowest BCUT2D eigenvalue weighted by molar-refractivity contribution is -0.123. The Labute approximate surface area is 177 Å². The van der Waals surface area contributed by atoms with Crippen molar-refractivity contribution in [2.45, 2.75) is 19.8 Å². The number of benzene rings is 3. The van der Waals surface area contributed by atoms with E-state index in [4.69, 9.17) is 9.47 Å². The molecule has 0 heterocycles. The Bertz CT molecular complexity index is 950. The average Bonchev–Trinajstić information content (AvgIpc) is 2.73. The van der Waals surface area contributed by atoms with Crippen molar-refractivity contribution in [3.8, 4) is 5.75 Å². The third-order valence-corrected chi connectivity index (χ3v) is 4.71. The van der Waals surface area contributed by atoms with Crippen LogP contribution in [0.1, 0.15) is 16.7 Å². The largest absolute Gasteiger partial charge is 0.481 e. The molecule has 3 aromatic rings. The number of hydrogen-bond acceptors (Lipinski definition) is 3. The van der Waals surface area contributed by atoms with Crippen molar-refractivity contribution in [1.82, 2.24) is 5.32 Å². The van der Waals surface area contributed by atoms with E-state index >= 15 is 0 Å². The number of halogens is 2. The number of hydrogen-bond donors (Lipinski definition) is 1. The quantitative estimate of drug-likeness (QED) is 0.491. The molecular formula is C23H21BrFNO3. The third-order valence-electron chi connectivity index (χ3n) is 4.22. The van der Waals surface area contributed by atoms with E-state index in [-0.39, 0.29) is 18.3 Å². The van der Waals surface area contributed by atoms with Crippen molar-refractivity contribution >= 4 is 21.8 Å². The van der Waals surface area contributed by atoms with Crippen LogP contribution in [-0.4, -0.2) is 12.5 Å². The van der Waals surface area contributed by atoms with E-state index in [1.165, 1.54) is 12.1 Å². The van der Waals surface area contributed by atoms with E-state index in [1.54, 1.807) is 6.07 Å². The van der Waals surface area contributed by atoms with Crippen molar-refractivity contribution in [2.24, 2.45) is 0 Å². The van der Waals surface area contributed by atoms with E-state index in [0.29, 0.717) is 24.2 Å². The first-order valence-electron chi connectivity index (χ1n) is 9.15. The highest BCUT2D eigenvalue weighted by Gasteiger charge is 2.09. The molecule has 150 valence electrons. The van der Waals surface area contributed by atoms with Gasteiger partial charge in [0.25, 0.3) is 5.91 Å². The number of amides is 1.